The predicted molar refractivity (Wildman–Crippen MR) is 81.5 cm³/mol. The standard InChI is InChI=1S/C15H21N5O/c1-19-10-18-14-13(19)4-5-16-15(14)20-6-7-21-9-12(20)8-17-11-2-3-11/h4-5,10-12,17H,2-3,6-9H2,1H3. The topological polar surface area (TPSA) is 55.2 Å². The minimum Gasteiger partial charge on any atom is -0.377 e. The van der Waals surface area contributed by atoms with Crippen LogP contribution in [0, 0.1) is 0 Å². The predicted octanol–water partition coefficient (Wildman–Crippen LogP) is 0.925. The molecule has 1 unspecified atom stereocenters. The maximum atomic E-state index is 5.67. The molecule has 6 heteroatoms. The molecule has 0 spiro atoms. The van der Waals surface area contributed by atoms with Gasteiger partial charge in [-0.25, -0.2) is 9.97 Å². The summed E-state index contributed by atoms with van der Waals surface area (Å²) in [7, 11) is 2.02. The van der Waals surface area contributed by atoms with Crippen molar-refractivity contribution in [1.82, 2.24) is 19.9 Å². The highest BCUT2D eigenvalue weighted by Gasteiger charge is 2.29. The SMILES string of the molecule is Cn1cnc2c(N3CCOCC3CNC3CC3)nccc21. The lowest BCUT2D eigenvalue weighted by molar-refractivity contribution is 0.0934. The number of nitrogens with one attached hydrogen (secondary N) is 1. The number of pyridine rings is 1. The summed E-state index contributed by atoms with van der Waals surface area (Å²) >= 11 is 0. The fourth-order valence-corrected chi connectivity index (χ4v) is 2.95. The van der Waals surface area contributed by atoms with E-state index in [0.717, 1.165) is 43.2 Å². The Balaban J connectivity index is 1.63. The molecule has 1 aliphatic heterocycles. The highest BCUT2D eigenvalue weighted by molar-refractivity contribution is 5.86. The number of morpholine rings is 1. The van der Waals surface area contributed by atoms with Gasteiger partial charge in [0.05, 0.1) is 31.1 Å². The summed E-state index contributed by atoms with van der Waals surface area (Å²) in [6.07, 6.45) is 6.34. The zero-order valence-corrected chi connectivity index (χ0v) is 12.3. The third-order valence-electron chi connectivity index (χ3n) is 4.34. The van der Waals surface area contributed by atoms with E-state index in [-0.39, 0.29) is 0 Å². The van der Waals surface area contributed by atoms with Gasteiger partial charge in [0.1, 0.15) is 5.52 Å². The molecule has 1 atom stereocenters. The van der Waals surface area contributed by atoms with Gasteiger partial charge in [-0.3, -0.25) is 0 Å². The van der Waals surface area contributed by atoms with Crippen LogP contribution in [0.5, 0.6) is 0 Å². The van der Waals surface area contributed by atoms with Gasteiger partial charge in [-0.05, 0) is 18.9 Å². The second-order valence-corrected chi connectivity index (χ2v) is 5.96. The Morgan fingerprint density at radius 2 is 2.29 bits per heavy atom. The van der Waals surface area contributed by atoms with Crippen LogP contribution in [-0.4, -0.2) is 52.9 Å². The highest BCUT2D eigenvalue weighted by atomic mass is 16.5. The monoisotopic (exact) mass is 287 g/mol. The van der Waals surface area contributed by atoms with Gasteiger partial charge in [0.15, 0.2) is 5.82 Å². The van der Waals surface area contributed by atoms with Crippen molar-refractivity contribution < 1.29 is 4.74 Å². The lowest BCUT2D eigenvalue weighted by Gasteiger charge is -2.36. The summed E-state index contributed by atoms with van der Waals surface area (Å²) in [5.74, 6) is 0.985. The first-order valence-corrected chi connectivity index (χ1v) is 7.67. The zero-order chi connectivity index (χ0) is 14.2. The molecule has 6 nitrogen and oxygen atoms in total. The smallest absolute Gasteiger partial charge is 0.157 e. The molecular formula is C15H21N5O. The van der Waals surface area contributed by atoms with Gasteiger partial charge in [0, 0.05) is 32.4 Å². The molecule has 1 N–H and O–H groups in total. The maximum Gasteiger partial charge on any atom is 0.157 e. The zero-order valence-electron chi connectivity index (χ0n) is 12.3. The van der Waals surface area contributed by atoms with Crippen molar-refractivity contribution in [3.8, 4) is 0 Å². The molecule has 2 fully saturated rings. The van der Waals surface area contributed by atoms with Gasteiger partial charge in [-0.15, -0.1) is 0 Å². The number of nitrogens with zero attached hydrogens (tertiary/aromatic N) is 4. The normalized spacial score (nSPS) is 22.9. The number of fused-ring (bicyclic) bond motifs is 1. The average Bonchev–Trinajstić information content (AvgIpc) is 3.28. The van der Waals surface area contributed by atoms with Crippen molar-refractivity contribution in [3.63, 3.8) is 0 Å². The van der Waals surface area contributed by atoms with Crippen LogP contribution in [0.1, 0.15) is 12.8 Å². The van der Waals surface area contributed by atoms with Crippen LogP contribution >= 0.6 is 0 Å². The molecule has 1 aliphatic carbocycles. The molecule has 0 amide bonds. The van der Waals surface area contributed by atoms with Crippen LogP contribution in [-0.2, 0) is 11.8 Å². The van der Waals surface area contributed by atoms with Crippen molar-refractivity contribution >= 4 is 16.9 Å². The summed E-state index contributed by atoms with van der Waals surface area (Å²) in [6, 6.07) is 3.07. The second-order valence-electron chi connectivity index (χ2n) is 5.96. The molecule has 0 bridgehead atoms. The quantitative estimate of drug-likeness (QED) is 0.906. The van der Waals surface area contributed by atoms with Crippen molar-refractivity contribution in [2.24, 2.45) is 7.05 Å². The van der Waals surface area contributed by atoms with Gasteiger partial charge in [0.25, 0.3) is 0 Å². The van der Waals surface area contributed by atoms with E-state index in [1.807, 2.05) is 30.2 Å². The molecule has 2 aliphatic rings. The van der Waals surface area contributed by atoms with Crippen LogP contribution < -0.4 is 10.2 Å². The van der Waals surface area contributed by atoms with Gasteiger partial charge < -0.3 is 19.5 Å². The highest BCUT2D eigenvalue weighted by Crippen LogP contribution is 2.26. The van der Waals surface area contributed by atoms with E-state index >= 15 is 0 Å². The van der Waals surface area contributed by atoms with E-state index < -0.39 is 0 Å². The minimum atomic E-state index is 0.333. The first-order chi connectivity index (χ1) is 10.3. The van der Waals surface area contributed by atoms with Gasteiger partial charge in [0.2, 0.25) is 0 Å². The van der Waals surface area contributed by atoms with Gasteiger partial charge >= 0.3 is 0 Å². The van der Waals surface area contributed by atoms with E-state index in [1.54, 1.807) is 0 Å². The first kappa shape index (κ1) is 13.0. The number of hydrogen-bond acceptors (Lipinski definition) is 5. The van der Waals surface area contributed by atoms with Crippen molar-refractivity contribution in [2.75, 3.05) is 31.2 Å². The second kappa shape index (κ2) is 5.27. The lowest BCUT2D eigenvalue weighted by Crippen LogP contribution is -2.51. The third-order valence-corrected chi connectivity index (χ3v) is 4.34. The van der Waals surface area contributed by atoms with Crippen molar-refractivity contribution in [3.05, 3.63) is 18.6 Å². The Morgan fingerprint density at radius 3 is 3.14 bits per heavy atom. The largest absolute Gasteiger partial charge is 0.377 e. The van der Waals surface area contributed by atoms with Crippen molar-refractivity contribution in [1.29, 1.82) is 0 Å². The summed E-state index contributed by atoms with van der Waals surface area (Å²) in [6.45, 7) is 3.34. The van der Waals surface area contributed by atoms with Crippen LogP contribution in [0.25, 0.3) is 11.0 Å². The number of rotatable bonds is 4. The Labute approximate surface area is 124 Å². The number of hydrogen-bond donors (Lipinski definition) is 1. The first-order valence-electron chi connectivity index (χ1n) is 7.67. The summed E-state index contributed by atoms with van der Waals surface area (Å²) in [5, 5.41) is 3.60. The molecule has 21 heavy (non-hydrogen) atoms. The molecule has 0 radical (unpaired) electrons. The van der Waals surface area contributed by atoms with E-state index in [0.29, 0.717) is 12.1 Å². The number of imidazole rings is 1. The van der Waals surface area contributed by atoms with Crippen LogP contribution in [0.15, 0.2) is 18.6 Å². The van der Waals surface area contributed by atoms with Gasteiger partial charge in [-0.1, -0.05) is 0 Å². The average molecular weight is 287 g/mol. The number of anilines is 1. The number of aromatic nitrogens is 3. The maximum absolute atomic E-state index is 5.67. The molecule has 2 aromatic heterocycles. The minimum absolute atomic E-state index is 0.333. The molecule has 3 heterocycles. The Bertz CT molecular complexity index is 636. The van der Waals surface area contributed by atoms with Gasteiger partial charge in [-0.2, -0.15) is 0 Å². The van der Waals surface area contributed by atoms with Crippen LogP contribution in [0.2, 0.25) is 0 Å². The van der Waals surface area contributed by atoms with E-state index in [2.05, 4.69) is 20.2 Å². The molecule has 112 valence electrons. The molecule has 0 aromatic carbocycles. The third kappa shape index (κ3) is 2.49. The fraction of sp³-hybridized carbons (Fsp3) is 0.600. The Kier molecular flexibility index (Phi) is 3.27. The lowest BCUT2D eigenvalue weighted by atomic mass is 10.2. The molecule has 1 saturated heterocycles. The molecule has 4 rings (SSSR count). The summed E-state index contributed by atoms with van der Waals surface area (Å²) in [5.41, 5.74) is 2.11. The van der Waals surface area contributed by atoms with Crippen LogP contribution in [0.4, 0.5) is 5.82 Å². The molecular weight excluding hydrogens is 266 g/mol. The number of ether oxygens (including phenoxy) is 1. The summed E-state index contributed by atoms with van der Waals surface area (Å²) < 4.78 is 7.71. The Morgan fingerprint density at radius 1 is 1.38 bits per heavy atom. The van der Waals surface area contributed by atoms with E-state index in [4.69, 9.17) is 4.74 Å². The van der Waals surface area contributed by atoms with Crippen LogP contribution in [0.3, 0.4) is 0 Å². The van der Waals surface area contributed by atoms with E-state index in [1.165, 1.54) is 12.8 Å². The molecule has 2 aromatic rings. The Hall–Kier alpha value is -1.66. The molecule has 1 saturated carbocycles. The summed E-state index contributed by atoms with van der Waals surface area (Å²) in [4.78, 5) is 11.5. The van der Waals surface area contributed by atoms with Crippen molar-refractivity contribution in [2.45, 2.75) is 24.9 Å². The fourth-order valence-electron chi connectivity index (χ4n) is 2.95. The van der Waals surface area contributed by atoms with E-state index in [9.17, 15) is 0 Å². The number of aryl methyl sites for hydroxylation is 1.